The van der Waals surface area contributed by atoms with Gasteiger partial charge in [-0.2, -0.15) is 5.10 Å². The molecule has 0 bridgehead atoms. The fraction of sp³-hybridized carbons (Fsp3) is 0.360. The third-order valence-electron chi connectivity index (χ3n) is 6.35. The van der Waals surface area contributed by atoms with Crippen LogP contribution in [0.3, 0.4) is 0 Å². The van der Waals surface area contributed by atoms with Gasteiger partial charge in [-0.05, 0) is 48.9 Å². The third kappa shape index (κ3) is 4.56. The van der Waals surface area contributed by atoms with Crippen LogP contribution in [0, 0.1) is 0 Å². The number of aromatic nitrogens is 3. The molecule has 32 heavy (non-hydrogen) atoms. The molecule has 1 saturated heterocycles. The van der Waals surface area contributed by atoms with Gasteiger partial charge in [-0.25, -0.2) is 4.98 Å². The molecule has 0 radical (unpaired) electrons. The molecule has 2 aliphatic rings. The highest BCUT2D eigenvalue weighted by molar-refractivity contribution is 5.96. The number of H-pyrrole nitrogens is 1. The average molecular weight is 430 g/mol. The molecule has 2 aromatic carbocycles. The second kappa shape index (κ2) is 8.94. The van der Waals surface area contributed by atoms with Crippen LogP contribution in [0.5, 0.6) is 0 Å². The lowest BCUT2D eigenvalue weighted by molar-refractivity contribution is -0.131. The van der Waals surface area contributed by atoms with Gasteiger partial charge in [-0.3, -0.25) is 14.7 Å². The number of carbonyl (C=O) groups excluding carboxylic acids is 2. The highest BCUT2D eigenvalue weighted by Gasteiger charge is 2.30. The quantitative estimate of drug-likeness (QED) is 0.628. The molecule has 164 valence electrons. The monoisotopic (exact) mass is 429 g/mol. The first-order valence-electron chi connectivity index (χ1n) is 11.3. The molecule has 5 rings (SSSR count). The largest absolute Gasteiger partial charge is 0.343 e. The van der Waals surface area contributed by atoms with E-state index in [9.17, 15) is 9.59 Å². The van der Waals surface area contributed by atoms with Gasteiger partial charge >= 0.3 is 0 Å². The molecule has 2 amide bonds. The molecule has 7 heteroatoms. The van der Waals surface area contributed by atoms with Crippen LogP contribution in [0.1, 0.15) is 59.5 Å². The van der Waals surface area contributed by atoms with Gasteiger partial charge in [0.25, 0.3) is 5.91 Å². The summed E-state index contributed by atoms with van der Waals surface area (Å²) in [4.78, 5) is 31.6. The van der Waals surface area contributed by atoms with Gasteiger partial charge in [0.2, 0.25) is 5.91 Å². The summed E-state index contributed by atoms with van der Waals surface area (Å²) >= 11 is 0. The number of amides is 2. The number of nitrogens with zero attached hydrogens (tertiary/aromatic N) is 3. The predicted octanol–water partition coefficient (Wildman–Crippen LogP) is 3.49. The van der Waals surface area contributed by atoms with Crippen molar-refractivity contribution < 1.29 is 9.59 Å². The van der Waals surface area contributed by atoms with E-state index < -0.39 is 0 Å². The topological polar surface area (TPSA) is 91.0 Å². The smallest absolute Gasteiger partial charge is 0.251 e. The van der Waals surface area contributed by atoms with Gasteiger partial charge < -0.3 is 10.2 Å². The molecule has 0 atom stereocenters. The lowest BCUT2D eigenvalue weighted by Gasteiger charge is -2.31. The van der Waals surface area contributed by atoms with Crippen molar-refractivity contribution in [2.45, 2.75) is 37.5 Å². The number of hydrogen-bond acceptors (Lipinski definition) is 4. The van der Waals surface area contributed by atoms with Gasteiger partial charge in [0.1, 0.15) is 5.82 Å². The van der Waals surface area contributed by atoms with E-state index >= 15 is 0 Å². The summed E-state index contributed by atoms with van der Waals surface area (Å²) in [6.07, 6.45) is 4.10. The molecule has 1 aliphatic carbocycles. The summed E-state index contributed by atoms with van der Waals surface area (Å²) in [5, 5.41) is 10.2. The number of benzene rings is 2. The van der Waals surface area contributed by atoms with E-state index in [-0.39, 0.29) is 18.4 Å². The number of piperidine rings is 1. The summed E-state index contributed by atoms with van der Waals surface area (Å²) < 4.78 is 0. The SMILES string of the molecule is O=C(NCC(=O)N1CCC(c2nc(C3CC3)n[nH]2)CC1)c1ccc(-c2ccccc2)cc1. The Labute approximate surface area is 187 Å². The van der Waals surface area contributed by atoms with Crippen LogP contribution < -0.4 is 5.32 Å². The molecule has 3 aromatic rings. The fourth-order valence-electron chi connectivity index (χ4n) is 4.21. The van der Waals surface area contributed by atoms with Crippen molar-refractivity contribution in [2.24, 2.45) is 0 Å². The van der Waals surface area contributed by atoms with E-state index in [1.54, 1.807) is 12.1 Å². The second-order valence-corrected chi connectivity index (χ2v) is 8.63. The second-order valence-electron chi connectivity index (χ2n) is 8.63. The zero-order valence-electron chi connectivity index (χ0n) is 18.0. The molecular formula is C25H27N5O2. The molecule has 2 fully saturated rings. The molecule has 2 N–H and O–H groups in total. The van der Waals surface area contributed by atoms with Crippen molar-refractivity contribution in [2.75, 3.05) is 19.6 Å². The Morgan fingerprint density at radius 3 is 2.28 bits per heavy atom. The maximum atomic E-state index is 12.6. The first-order valence-corrected chi connectivity index (χ1v) is 11.3. The van der Waals surface area contributed by atoms with E-state index in [0.29, 0.717) is 30.5 Å². The van der Waals surface area contributed by atoms with E-state index in [1.165, 1.54) is 12.8 Å². The molecule has 0 spiro atoms. The van der Waals surface area contributed by atoms with Crippen LogP contribution in [0.4, 0.5) is 0 Å². The summed E-state index contributed by atoms with van der Waals surface area (Å²) in [6, 6.07) is 17.5. The maximum absolute atomic E-state index is 12.6. The van der Waals surface area contributed by atoms with Crippen LogP contribution in [0.2, 0.25) is 0 Å². The number of rotatable bonds is 6. The van der Waals surface area contributed by atoms with Crippen molar-refractivity contribution in [3.05, 3.63) is 71.8 Å². The summed E-state index contributed by atoms with van der Waals surface area (Å²) in [7, 11) is 0. The summed E-state index contributed by atoms with van der Waals surface area (Å²) in [5.74, 6) is 2.47. The van der Waals surface area contributed by atoms with Gasteiger partial charge in [-0.15, -0.1) is 0 Å². The number of hydrogen-bond donors (Lipinski definition) is 2. The maximum Gasteiger partial charge on any atom is 0.251 e. The minimum atomic E-state index is -0.234. The summed E-state index contributed by atoms with van der Waals surface area (Å²) in [6.45, 7) is 1.35. The Morgan fingerprint density at radius 2 is 1.59 bits per heavy atom. The summed E-state index contributed by atoms with van der Waals surface area (Å²) in [5.41, 5.74) is 2.71. The first-order chi connectivity index (χ1) is 15.7. The fourth-order valence-corrected chi connectivity index (χ4v) is 4.21. The predicted molar refractivity (Wildman–Crippen MR) is 121 cm³/mol. The van der Waals surface area contributed by atoms with Crippen LogP contribution in [0.15, 0.2) is 54.6 Å². The van der Waals surface area contributed by atoms with E-state index in [1.807, 2.05) is 47.4 Å². The highest BCUT2D eigenvalue weighted by atomic mass is 16.2. The van der Waals surface area contributed by atoms with Crippen LogP contribution in [0.25, 0.3) is 11.1 Å². The molecular weight excluding hydrogens is 402 g/mol. The minimum Gasteiger partial charge on any atom is -0.343 e. The van der Waals surface area contributed by atoms with E-state index in [4.69, 9.17) is 0 Å². The molecule has 1 aromatic heterocycles. The van der Waals surface area contributed by atoms with Crippen LogP contribution in [-0.4, -0.2) is 51.5 Å². The number of nitrogens with one attached hydrogen (secondary N) is 2. The normalized spacial score (nSPS) is 16.7. The zero-order valence-corrected chi connectivity index (χ0v) is 18.0. The Hall–Kier alpha value is -3.48. The third-order valence-corrected chi connectivity index (χ3v) is 6.35. The van der Waals surface area contributed by atoms with E-state index in [0.717, 1.165) is 35.6 Å². The van der Waals surface area contributed by atoms with Crippen molar-refractivity contribution in [1.29, 1.82) is 0 Å². The molecule has 2 heterocycles. The number of likely N-dealkylation sites (tertiary alicyclic amines) is 1. The lowest BCUT2D eigenvalue weighted by atomic mass is 9.96. The Kier molecular flexibility index (Phi) is 5.71. The number of carbonyl (C=O) groups is 2. The average Bonchev–Trinajstić information content (AvgIpc) is 3.59. The minimum absolute atomic E-state index is 0.0120. The first kappa shape index (κ1) is 20.4. The van der Waals surface area contributed by atoms with Crippen molar-refractivity contribution in [1.82, 2.24) is 25.4 Å². The molecule has 7 nitrogen and oxygen atoms in total. The van der Waals surface area contributed by atoms with Gasteiger partial charge in [0, 0.05) is 30.5 Å². The van der Waals surface area contributed by atoms with Crippen LogP contribution >= 0.6 is 0 Å². The van der Waals surface area contributed by atoms with Crippen molar-refractivity contribution in [3.63, 3.8) is 0 Å². The molecule has 1 aliphatic heterocycles. The van der Waals surface area contributed by atoms with Gasteiger partial charge in [0.05, 0.1) is 6.54 Å². The highest BCUT2D eigenvalue weighted by Crippen LogP contribution is 2.38. The van der Waals surface area contributed by atoms with Gasteiger partial charge in [-0.1, -0.05) is 42.5 Å². The molecule has 0 unspecified atom stereocenters. The standard InChI is InChI=1S/C25H27N5O2/c31-22(30-14-12-20(13-15-30)24-27-23(28-29-24)19-8-9-19)16-26-25(32)21-10-6-18(7-11-21)17-4-2-1-3-5-17/h1-7,10-11,19-20H,8-9,12-16H2,(H,26,32)(H,27,28,29). The van der Waals surface area contributed by atoms with Gasteiger partial charge in [0.15, 0.2) is 5.82 Å². The van der Waals surface area contributed by atoms with Crippen molar-refractivity contribution in [3.8, 4) is 11.1 Å². The van der Waals surface area contributed by atoms with Crippen LogP contribution in [-0.2, 0) is 4.79 Å². The zero-order chi connectivity index (χ0) is 21.9. The Morgan fingerprint density at radius 1 is 0.906 bits per heavy atom. The Balaban J connectivity index is 1.09. The Bertz CT molecular complexity index is 1080. The molecule has 1 saturated carbocycles. The van der Waals surface area contributed by atoms with Crippen molar-refractivity contribution >= 4 is 11.8 Å². The number of aromatic amines is 1. The van der Waals surface area contributed by atoms with E-state index in [2.05, 4.69) is 20.5 Å². The lowest BCUT2D eigenvalue weighted by Crippen LogP contribution is -2.43.